The number of nitrogens with zero attached hydrogens (tertiary/aromatic N) is 4. The zero-order chi connectivity index (χ0) is 18.5. The molecule has 3 aromatic rings. The van der Waals surface area contributed by atoms with Crippen LogP contribution < -0.4 is 10.2 Å². The molecular formula is C21H22FN5. The van der Waals surface area contributed by atoms with E-state index in [1.165, 1.54) is 17.7 Å². The molecule has 27 heavy (non-hydrogen) atoms. The van der Waals surface area contributed by atoms with Crippen molar-refractivity contribution >= 4 is 17.5 Å². The smallest absolute Gasteiger partial charge is 0.247 e. The van der Waals surface area contributed by atoms with Gasteiger partial charge in [-0.25, -0.2) is 4.39 Å². The van der Waals surface area contributed by atoms with Crippen molar-refractivity contribution in [3.8, 4) is 0 Å². The molecule has 0 unspecified atom stereocenters. The minimum Gasteiger partial charge on any atom is -0.339 e. The van der Waals surface area contributed by atoms with Crippen molar-refractivity contribution in [1.29, 1.82) is 0 Å². The molecule has 0 radical (unpaired) electrons. The molecule has 1 aliphatic heterocycles. The molecule has 1 fully saturated rings. The van der Waals surface area contributed by atoms with E-state index in [1.807, 2.05) is 0 Å². The Hall–Kier alpha value is -3.02. The SMILES string of the molecule is Fc1ccc(Nc2cnnc(N3CCC(Cc4ccccc4)CC3)n2)cc1. The molecule has 2 heterocycles. The number of piperidine rings is 1. The molecule has 1 saturated heterocycles. The Labute approximate surface area is 158 Å². The molecule has 0 atom stereocenters. The monoisotopic (exact) mass is 363 g/mol. The summed E-state index contributed by atoms with van der Waals surface area (Å²) in [7, 11) is 0. The molecule has 1 aliphatic rings. The average molecular weight is 363 g/mol. The normalized spacial score (nSPS) is 14.9. The van der Waals surface area contributed by atoms with Crippen LogP contribution in [0.5, 0.6) is 0 Å². The Morgan fingerprint density at radius 1 is 1.00 bits per heavy atom. The topological polar surface area (TPSA) is 53.9 Å². The highest BCUT2D eigenvalue weighted by Gasteiger charge is 2.21. The van der Waals surface area contributed by atoms with E-state index in [-0.39, 0.29) is 5.82 Å². The second kappa shape index (κ2) is 8.12. The van der Waals surface area contributed by atoms with Gasteiger partial charge in [-0.2, -0.15) is 10.1 Å². The molecule has 2 aromatic carbocycles. The third-order valence-electron chi connectivity index (χ3n) is 4.93. The van der Waals surface area contributed by atoms with E-state index >= 15 is 0 Å². The first kappa shape index (κ1) is 17.4. The first-order chi connectivity index (χ1) is 13.3. The Bertz CT molecular complexity index is 861. The Morgan fingerprint density at radius 3 is 2.48 bits per heavy atom. The molecule has 5 nitrogen and oxygen atoms in total. The summed E-state index contributed by atoms with van der Waals surface area (Å²) < 4.78 is 13.0. The summed E-state index contributed by atoms with van der Waals surface area (Å²) in [4.78, 5) is 6.76. The van der Waals surface area contributed by atoms with Gasteiger partial charge in [0.05, 0.1) is 6.20 Å². The van der Waals surface area contributed by atoms with Gasteiger partial charge in [-0.1, -0.05) is 30.3 Å². The number of hydrogen-bond acceptors (Lipinski definition) is 5. The molecule has 0 aliphatic carbocycles. The third kappa shape index (κ3) is 4.58. The number of rotatable bonds is 5. The molecule has 0 bridgehead atoms. The van der Waals surface area contributed by atoms with Gasteiger partial charge in [-0.15, -0.1) is 5.10 Å². The first-order valence-electron chi connectivity index (χ1n) is 9.27. The van der Waals surface area contributed by atoms with Gasteiger partial charge in [-0.3, -0.25) is 0 Å². The van der Waals surface area contributed by atoms with E-state index in [1.54, 1.807) is 18.3 Å². The fourth-order valence-electron chi connectivity index (χ4n) is 3.45. The summed E-state index contributed by atoms with van der Waals surface area (Å²) in [5.41, 5.74) is 2.17. The molecule has 4 rings (SSSR count). The molecule has 0 spiro atoms. The van der Waals surface area contributed by atoms with Crippen LogP contribution in [-0.4, -0.2) is 28.3 Å². The van der Waals surface area contributed by atoms with E-state index in [4.69, 9.17) is 0 Å². The van der Waals surface area contributed by atoms with Crippen LogP contribution >= 0.6 is 0 Å². The molecular weight excluding hydrogens is 341 g/mol. The van der Waals surface area contributed by atoms with Crippen molar-refractivity contribution in [2.24, 2.45) is 5.92 Å². The predicted octanol–water partition coefficient (Wildman–Crippen LogP) is 4.21. The highest BCUT2D eigenvalue weighted by molar-refractivity contribution is 5.56. The lowest BCUT2D eigenvalue weighted by Gasteiger charge is -2.31. The molecule has 0 amide bonds. The van der Waals surface area contributed by atoms with Crippen molar-refractivity contribution in [3.05, 3.63) is 72.2 Å². The van der Waals surface area contributed by atoms with E-state index < -0.39 is 0 Å². The maximum atomic E-state index is 13.0. The van der Waals surface area contributed by atoms with E-state index in [9.17, 15) is 4.39 Å². The van der Waals surface area contributed by atoms with Crippen LogP contribution in [0.2, 0.25) is 0 Å². The maximum Gasteiger partial charge on any atom is 0.247 e. The van der Waals surface area contributed by atoms with Gasteiger partial charge in [0, 0.05) is 18.8 Å². The van der Waals surface area contributed by atoms with Crippen molar-refractivity contribution in [2.45, 2.75) is 19.3 Å². The number of anilines is 3. The van der Waals surface area contributed by atoms with E-state index in [0.29, 0.717) is 17.7 Å². The summed E-state index contributed by atoms with van der Waals surface area (Å²) in [6.07, 6.45) is 4.94. The summed E-state index contributed by atoms with van der Waals surface area (Å²) >= 11 is 0. The van der Waals surface area contributed by atoms with Gasteiger partial charge in [-0.05, 0) is 55.0 Å². The maximum absolute atomic E-state index is 13.0. The quantitative estimate of drug-likeness (QED) is 0.736. The lowest BCUT2D eigenvalue weighted by atomic mass is 9.90. The second-order valence-corrected chi connectivity index (χ2v) is 6.89. The molecule has 1 N–H and O–H groups in total. The number of nitrogens with one attached hydrogen (secondary N) is 1. The Balaban J connectivity index is 1.36. The van der Waals surface area contributed by atoms with Crippen molar-refractivity contribution < 1.29 is 4.39 Å². The van der Waals surface area contributed by atoms with Crippen molar-refractivity contribution in [3.63, 3.8) is 0 Å². The molecule has 6 heteroatoms. The largest absolute Gasteiger partial charge is 0.339 e. The Morgan fingerprint density at radius 2 is 1.74 bits per heavy atom. The van der Waals surface area contributed by atoms with Crippen LogP contribution in [-0.2, 0) is 6.42 Å². The predicted molar refractivity (Wildman–Crippen MR) is 105 cm³/mol. The van der Waals surface area contributed by atoms with Crippen LogP contribution in [0.3, 0.4) is 0 Å². The molecule has 1 aromatic heterocycles. The van der Waals surface area contributed by atoms with Gasteiger partial charge >= 0.3 is 0 Å². The third-order valence-corrected chi connectivity index (χ3v) is 4.93. The van der Waals surface area contributed by atoms with Crippen molar-refractivity contribution in [2.75, 3.05) is 23.3 Å². The van der Waals surface area contributed by atoms with E-state index in [2.05, 4.69) is 55.7 Å². The highest BCUT2D eigenvalue weighted by atomic mass is 19.1. The summed E-state index contributed by atoms with van der Waals surface area (Å²) in [6.45, 7) is 1.86. The molecule has 0 saturated carbocycles. The van der Waals surface area contributed by atoms with Gasteiger partial charge in [0.25, 0.3) is 0 Å². The van der Waals surface area contributed by atoms with Gasteiger partial charge in [0.2, 0.25) is 5.95 Å². The average Bonchev–Trinajstić information content (AvgIpc) is 2.71. The summed E-state index contributed by atoms with van der Waals surface area (Å²) in [5.74, 6) is 1.68. The van der Waals surface area contributed by atoms with E-state index in [0.717, 1.165) is 38.0 Å². The van der Waals surface area contributed by atoms with Gasteiger partial charge < -0.3 is 10.2 Å². The number of aromatic nitrogens is 3. The number of hydrogen-bond donors (Lipinski definition) is 1. The van der Waals surface area contributed by atoms with Gasteiger partial charge in [0.15, 0.2) is 5.82 Å². The zero-order valence-corrected chi connectivity index (χ0v) is 15.1. The summed E-state index contributed by atoms with van der Waals surface area (Å²) in [5, 5.41) is 11.4. The minimum atomic E-state index is -0.263. The fraction of sp³-hybridized carbons (Fsp3) is 0.286. The Kier molecular flexibility index (Phi) is 5.23. The first-order valence-corrected chi connectivity index (χ1v) is 9.27. The van der Waals surface area contributed by atoms with Crippen LogP contribution in [0, 0.1) is 11.7 Å². The molecule has 138 valence electrons. The lowest BCUT2D eigenvalue weighted by molar-refractivity contribution is 0.400. The zero-order valence-electron chi connectivity index (χ0n) is 15.1. The fourth-order valence-corrected chi connectivity index (χ4v) is 3.45. The lowest BCUT2D eigenvalue weighted by Crippen LogP contribution is -2.35. The minimum absolute atomic E-state index is 0.263. The summed E-state index contributed by atoms with van der Waals surface area (Å²) in [6, 6.07) is 16.8. The van der Waals surface area contributed by atoms with Gasteiger partial charge in [0.1, 0.15) is 5.82 Å². The van der Waals surface area contributed by atoms with Crippen molar-refractivity contribution in [1.82, 2.24) is 15.2 Å². The highest BCUT2D eigenvalue weighted by Crippen LogP contribution is 2.24. The number of halogens is 1. The number of benzene rings is 2. The van der Waals surface area contributed by atoms with Crippen LogP contribution in [0.15, 0.2) is 60.8 Å². The van der Waals surface area contributed by atoms with Crippen LogP contribution in [0.25, 0.3) is 0 Å². The second-order valence-electron chi connectivity index (χ2n) is 6.89. The standard InChI is InChI=1S/C21H22FN5/c22-18-6-8-19(9-7-18)24-20-15-23-26-21(25-20)27-12-10-17(11-13-27)14-16-4-2-1-3-5-16/h1-9,15,17H,10-14H2,(H,24,25,26). The van der Waals surface area contributed by atoms with Crippen LogP contribution in [0.1, 0.15) is 18.4 Å². The van der Waals surface area contributed by atoms with Crippen LogP contribution in [0.4, 0.5) is 21.8 Å².